The monoisotopic (exact) mass is 531 g/mol. The van der Waals surface area contributed by atoms with Crippen molar-refractivity contribution in [2.24, 2.45) is 0 Å². The molecule has 190 valence electrons. The van der Waals surface area contributed by atoms with Crippen LogP contribution in [0.1, 0.15) is 27.2 Å². The number of hydrogen-bond donors (Lipinski definition) is 1. The summed E-state index contributed by atoms with van der Waals surface area (Å²) >= 11 is 6.12. The van der Waals surface area contributed by atoms with E-state index in [4.69, 9.17) is 16.3 Å². The first-order chi connectivity index (χ1) is 19.1. The number of ether oxygens (including phenoxy) is 1. The fourth-order valence-electron chi connectivity index (χ4n) is 5.03. The van der Waals surface area contributed by atoms with Gasteiger partial charge in [0.15, 0.2) is 0 Å². The largest absolute Gasteiger partial charge is 0.476 e. The van der Waals surface area contributed by atoms with Gasteiger partial charge in [-0.25, -0.2) is 9.48 Å². The van der Waals surface area contributed by atoms with E-state index in [-0.39, 0.29) is 11.6 Å². The Labute approximate surface area is 229 Å². The fraction of sp³-hybridized carbons (Fsp3) is 0.0312. The second-order valence-electron chi connectivity index (χ2n) is 9.02. The quantitative estimate of drug-likeness (QED) is 0.217. The second kappa shape index (κ2) is 10.1. The minimum absolute atomic E-state index is 0.108. The van der Waals surface area contributed by atoms with Gasteiger partial charge in [-0.15, -0.1) is 0 Å². The van der Waals surface area contributed by atoms with Gasteiger partial charge >= 0.3 is 5.97 Å². The van der Waals surface area contributed by atoms with E-state index in [2.05, 4.69) is 10.3 Å². The van der Waals surface area contributed by atoms with Crippen LogP contribution in [-0.2, 0) is 5.54 Å². The molecular weight excluding hydrogens is 510 g/mol. The number of rotatable bonds is 7. The summed E-state index contributed by atoms with van der Waals surface area (Å²) in [5, 5.41) is 21.7. The van der Waals surface area contributed by atoms with Crippen LogP contribution in [0.15, 0.2) is 127 Å². The van der Waals surface area contributed by atoms with E-state index in [1.807, 2.05) is 115 Å². The molecule has 1 heterocycles. The highest BCUT2D eigenvalue weighted by Crippen LogP contribution is 2.42. The molecule has 0 amide bonds. The Bertz CT molecular complexity index is 1670. The lowest BCUT2D eigenvalue weighted by atomic mass is 9.77. The molecule has 39 heavy (non-hydrogen) atoms. The lowest BCUT2D eigenvalue weighted by molar-refractivity contribution is 0.0676. The van der Waals surface area contributed by atoms with Crippen molar-refractivity contribution in [1.82, 2.24) is 15.0 Å². The lowest BCUT2D eigenvalue weighted by Gasteiger charge is -2.36. The third kappa shape index (κ3) is 4.31. The number of benzene rings is 5. The van der Waals surface area contributed by atoms with Gasteiger partial charge in [-0.1, -0.05) is 125 Å². The summed E-state index contributed by atoms with van der Waals surface area (Å²) < 4.78 is 7.53. The van der Waals surface area contributed by atoms with Gasteiger partial charge in [0, 0.05) is 5.02 Å². The number of nitrogens with zero attached hydrogens (tertiary/aromatic N) is 3. The molecule has 0 radical (unpaired) electrons. The van der Waals surface area contributed by atoms with Gasteiger partial charge in [0.05, 0.1) is 0 Å². The SMILES string of the molecule is O=C(O)c1c(Oc2ccc3cc(Cl)ccc3c2)nnn1C(c1ccccc1)(c1ccccc1)c1ccccc1. The average Bonchev–Trinajstić information content (AvgIpc) is 3.39. The van der Waals surface area contributed by atoms with Crippen molar-refractivity contribution in [3.8, 4) is 11.6 Å². The molecule has 0 saturated carbocycles. The Kier molecular flexibility index (Phi) is 6.31. The molecule has 0 aliphatic rings. The van der Waals surface area contributed by atoms with Gasteiger partial charge in [0.2, 0.25) is 5.69 Å². The summed E-state index contributed by atoms with van der Waals surface area (Å²) in [7, 11) is 0. The maximum absolute atomic E-state index is 12.9. The highest BCUT2D eigenvalue weighted by atomic mass is 35.5. The molecule has 0 aliphatic carbocycles. The number of aromatic carboxylic acids is 1. The summed E-state index contributed by atoms with van der Waals surface area (Å²) in [4.78, 5) is 12.9. The number of aromatic nitrogens is 3. The molecule has 0 saturated heterocycles. The van der Waals surface area contributed by atoms with Crippen molar-refractivity contribution >= 4 is 28.3 Å². The first kappa shape index (κ1) is 24.4. The van der Waals surface area contributed by atoms with E-state index < -0.39 is 11.5 Å². The third-order valence-electron chi connectivity index (χ3n) is 6.72. The Balaban J connectivity index is 1.59. The summed E-state index contributed by atoms with van der Waals surface area (Å²) in [6, 6.07) is 40.0. The average molecular weight is 532 g/mol. The van der Waals surface area contributed by atoms with Gasteiger partial charge in [-0.3, -0.25) is 0 Å². The highest BCUT2D eigenvalue weighted by Gasteiger charge is 2.43. The topological polar surface area (TPSA) is 77.2 Å². The van der Waals surface area contributed by atoms with E-state index in [1.165, 1.54) is 4.68 Å². The van der Waals surface area contributed by atoms with Crippen molar-refractivity contribution in [3.63, 3.8) is 0 Å². The minimum atomic E-state index is -1.21. The molecule has 5 aromatic carbocycles. The van der Waals surface area contributed by atoms with Gasteiger partial charge < -0.3 is 9.84 Å². The number of carbonyl (C=O) groups is 1. The number of fused-ring (bicyclic) bond motifs is 1. The van der Waals surface area contributed by atoms with Crippen LogP contribution < -0.4 is 4.74 Å². The fourth-order valence-corrected chi connectivity index (χ4v) is 5.21. The molecule has 6 rings (SSSR count). The van der Waals surface area contributed by atoms with Crippen LogP contribution in [0.2, 0.25) is 5.02 Å². The molecule has 0 unspecified atom stereocenters. The number of carboxylic acids is 1. The zero-order valence-electron chi connectivity index (χ0n) is 20.6. The zero-order chi connectivity index (χ0) is 26.8. The van der Waals surface area contributed by atoms with Crippen molar-refractivity contribution in [2.75, 3.05) is 0 Å². The molecule has 1 N–H and O–H groups in total. The Morgan fingerprint density at radius 1 is 0.718 bits per heavy atom. The zero-order valence-corrected chi connectivity index (χ0v) is 21.4. The van der Waals surface area contributed by atoms with E-state index in [0.29, 0.717) is 10.8 Å². The van der Waals surface area contributed by atoms with Gasteiger partial charge in [0.1, 0.15) is 11.3 Å². The third-order valence-corrected chi connectivity index (χ3v) is 6.96. The molecule has 1 aromatic heterocycles. The van der Waals surface area contributed by atoms with E-state index in [9.17, 15) is 9.90 Å². The number of hydrogen-bond acceptors (Lipinski definition) is 4. The summed E-state index contributed by atoms with van der Waals surface area (Å²) in [5.74, 6) is -0.887. The van der Waals surface area contributed by atoms with Crippen molar-refractivity contribution < 1.29 is 14.6 Å². The van der Waals surface area contributed by atoms with Gasteiger partial charge in [-0.2, -0.15) is 0 Å². The lowest BCUT2D eigenvalue weighted by Crippen LogP contribution is -2.40. The van der Waals surface area contributed by atoms with Crippen LogP contribution in [0, 0.1) is 0 Å². The molecule has 0 aliphatic heterocycles. The van der Waals surface area contributed by atoms with Crippen LogP contribution in [0.25, 0.3) is 10.8 Å². The normalized spacial score (nSPS) is 11.4. The van der Waals surface area contributed by atoms with Crippen LogP contribution in [0.5, 0.6) is 11.6 Å². The maximum atomic E-state index is 12.9. The van der Waals surface area contributed by atoms with Crippen LogP contribution in [0.3, 0.4) is 0 Å². The Morgan fingerprint density at radius 2 is 1.23 bits per heavy atom. The smallest absolute Gasteiger partial charge is 0.360 e. The molecule has 0 atom stereocenters. The number of carboxylic acid groups (broad SMARTS) is 1. The molecule has 6 aromatic rings. The molecule has 7 heteroatoms. The molecule has 0 spiro atoms. The minimum Gasteiger partial charge on any atom is -0.476 e. The molecule has 0 bridgehead atoms. The Hall–Kier alpha value is -4.94. The summed E-state index contributed by atoms with van der Waals surface area (Å²) in [6.07, 6.45) is 0. The van der Waals surface area contributed by atoms with Crippen LogP contribution >= 0.6 is 11.6 Å². The van der Waals surface area contributed by atoms with Crippen molar-refractivity contribution in [1.29, 1.82) is 0 Å². The van der Waals surface area contributed by atoms with E-state index in [1.54, 1.807) is 12.1 Å². The maximum Gasteiger partial charge on any atom is 0.360 e. The van der Waals surface area contributed by atoms with E-state index in [0.717, 1.165) is 27.5 Å². The molecule has 0 fully saturated rings. The van der Waals surface area contributed by atoms with Crippen molar-refractivity contribution in [3.05, 3.63) is 155 Å². The van der Waals surface area contributed by atoms with Crippen LogP contribution in [-0.4, -0.2) is 26.1 Å². The molecular formula is C32H22ClN3O3. The molecule has 6 nitrogen and oxygen atoms in total. The first-order valence-electron chi connectivity index (χ1n) is 12.3. The number of halogens is 1. The predicted molar refractivity (Wildman–Crippen MR) is 151 cm³/mol. The van der Waals surface area contributed by atoms with Gasteiger partial charge in [0.25, 0.3) is 5.88 Å². The predicted octanol–water partition coefficient (Wildman–Crippen LogP) is 7.42. The first-order valence-corrected chi connectivity index (χ1v) is 12.7. The van der Waals surface area contributed by atoms with Crippen molar-refractivity contribution in [2.45, 2.75) is 5.54 Å². The Morgan fingerprint density at radius 3 is 1.77 bits per heavy atom. The van der Waals surface area contributed by atoms with Gasteiger partial charge in [-0.05, 0) is 51.7 Å². The van der Waals surface area contributed by atoms with Crippen LogP contribution in [0.4, 0.5) is 0 Å². The highest BCUT2D eigenvalue weighted by molar-refractivity contribution is 6.31. The standard InChI is InChI=1S/C32H22ClN3O3/c33-27-18-16-23-21-28(19-17-22(23)20-27)39-30-29(31(37)38)36(35-34-30)32(24-10-4-1-5-11-24,25-12-6-2-7-13-25)26-14-8-3-9-15-26/h1-21H,(H,37,38). The second-order valence-corrected chi connectivity index (χ2v) is 9.46. The van der Waals surface area contributed by atoms with E-state index >= 15 is 0 Å². The summed E-state index contributed by atoms with van der Waals surface area (Å²) in [6.45, 7) is 0. The summed E-state index contributed by atoms with van der Waals surface area (Å²) in [5.41, 5.74) is 1.14.